The molecule has 4 aromatic heterocycles. The summed E-state index contributed by atoms with van der Waals surface area (Å²) in [6.07, 6.45) is 3.49. The molecule has 0 fully saturated rings. The molecule has 0 bridgehead atoms. The van der Waals surface area contributed by atoms with Gasteiger partial charge in [0.1, 0.15) is 5.52 Å². The third-order valence-corrected chi connectivity index (χ3v) is 7.19. The monoisotopic (exact) mass is 536 g/mol. The van der Waals surface area contributed by atoms with Crippen LogP contribution in [0.15, 0.2) is 90.0 Å². The number of nitrogens with zero attached hydrogens (tertiary/aromatic N) is 4. The Morgan fingerprint density at radius 2 is 1.76 bits per heavy atom. The van der Waals surface area contributed by atoms with E-state index in [0.29, 0.717) is 38.9 Å². The highest BCUT2D eigenvalue weighted by molar-refractivity contribution is 7.99. The molecule has 0 atom stereocenters. The van der Waals surface area contributed by atoms with Crippen LogP contribution in [0.1, 0.15) is 11.3 Å². The van der Waals surface area contributed by atoms with Crippen LogP contribution in [0.2, 0.25) is 5.02 Å². The van der Waals surface area contributed by atoms with Gasteiger partial charge in [-0.15, -0.1) is 0 Å². The molecule has 0 unspecified atom stereocenters. The summed E-state index contributed by atoms with van der Waals surface area (Å²) in [7, 11) is 0. The summed E-state index contributed by atoms with van der Waals surface area (Å²) in [5, 5.41) is 1.44. The number of H-pyrrole nitrogens is 1. The van der Waals surface area contributed by atoms with Crippen molar-refractivity contribution in [3.8, 4) is 22.5 Å². The van der Waals surface area contributed by atoms with Gasteiger partial charge in [0.25, 0.3) is 5.56 Å². The van der Waals surface area contributed by atoms with Crippen molar-refractivity contribution >= 4 is 51.3 Å². The minimum absolute atomic E-state index is 0.199. The lowest BCUT2D eigenvalue weighted by molar-refractivity contribution is 1.15. The number of halogens is 1. The minimum atomic E-state index is -0.199. The number of nitrogens with one attached hydrogen (secondary N) is 2. The lowest BCUT2D eigenvalue weighted by Gasteiger charge is -2.12. The molecule has 38 heavy (non-hydrogen) atoms. The standard InChI is InChI=1S/C29H21ClN6OS/c1-17-9-10-22(15-32-17)36-38-16-21-14-24-28(35-29(21)37)34-26(18-6-3-2-4-7-18)27(33-24)20-12-19-8-5-11-31-25(19)23(30)13-20/h2-15,36H,16H2,1H3,(H,34,35,37). The van der Waals surface area contributed by atoms with Gasteiger partial charge < -0.3 is 9.71 Å². The average molecular weight is 537 g/mol. The molecule has 186 valence electrons. The lowest BCUT2D eigenvalue weighted by atomic mass is 10.0. The third kappa shape index (κ3) is 4.83. The Kier molecular flexibility index (Phi) is 6.49. The van der Waals surface area contributed by atoms with Crippen molar-refractivity contribution in [3.63, 3.8) is 0 Å². The molecule has 7 nitrogen and oxygen atoms in total. The Hall–Kier alpha value is -4.27. The fourth-order valence-corrected chi connectivity index (χ4v) is 5.18. The van der Waals surface area contributed by atoms with Crippen molar-refractivity contribution in [2.45, 2.75) is 12.7 Å². The fraction of sp³-hybridized carbons (Fsp3) is 0.0690. The molecule has 0 aliphatic heterocycles. The normalized spacial score (nSPS) is 11.2. The molecule has 0 amide bonds. The molecule has 0 saturated carbocycles. The van der Waals surface area contributed by atoms with E-state index >= 15 is 0 Å². The van der Waals surface area contributed by atoms with E-state index in [1.165, 1.54) is 11.9 Å². The number of hydrogen-bond donors (Lipinski definition) is 2. The first kappa shape index (κ1) is 24.1. The zero-order chi connectivity index (χ0) is 26.1. The van der Waals surface area contributed by atoms with Gasteiger partial charge in [-0.05, 0) is 55.3 Å². The number of pyridine rings is 3. The summed E-state index contributed by atoms with van der Waals surface area (Å²) >= 11 is 8.03. The van der Waals surface area contributed by atoms with Crippen LogP contribution in [-0.4, -0.2) is 24.9 Å². The van der Waals surface area contributed by atoms with E-state index in [4.69, 9.17) is 21.6 Å². The zero-order valence-electron chi connectivity index (χ0n) is 20.3. The Balaban J connectivity index is 1.44. The van der Waals surface area contributed by atoms with E-state index in [9.17, 15) is 4.79 Å². The van der Waals surface area contributed by atoms with Crippen LogP contribution in [0.5, 0.6) is 0 Å². The summed E-state index contributed by atoms with van der Waals surface area (Å²) in [6.45, 7) is 1.94. The van der Waals surface area contributed by atoms with Gasteiger partial charge >= 0.3 is 0 Å². The van der Waals surface area contributed by atoms with Crippen LogP contribution in [0, 0.1) is 6.92 Å². The minimum Gasteiger partial charge on any atom is -0.328 e. The maximum absolute atomic E-state index is 12.9. The highest BCUT2D eigenvalue weighted by atomic mass is 35.5. The Bertz CT molecular complexity index is 1840. The van der Waals surface area contributed by atoms with Crippen LogP contribution >= 0.6 is 23.5 Å². The highest BCUT2D eigenvalue weighted by Crippen LogP contribution is 2.34. The number of aromatic nitrogens is 5. The Morgan fingerprint density at radius 1 is 0.921 bits per heavy atom. The van der Waals surface area contributed by atoms with Crippen molar-refractivity contribution in [2.75, 3.05) is 4.72 Å². The molecule has 2 aromatic carbocycles. The van der Waals surface area contributed by atoms with Gasteiger partial charge in [0.15, 0.2) is 5.65 Å². The van der Waals surface area contributed by atoms with Crippen LogP contribution < -0.4 is 10.3 Å². The van der Waals surface area contributed by atoms with E-state index in [2.05, 4.69) is 19.7 Å². The molecule has 9 heteroatoms. The van der Waals surface area contributed by atoms with Gasteiger partial charge in [-0.2, -0.15) is 0 Å². The van der Waals surface area contributed by atoms with Gasteiger partial charge in [-0.25, -0.2) is 9.97 Å². The van der Waals surface area contributed by atoms with E-state index in [0.717, 1.165) is 33.4 Å². The second-order valence-electron chi connectivity index (χ2n) is 8.76. The van der Waals surface area contributed by atoms with Crippen molar-refractivity contribution in [1.82, 2.24) is 24.9 Å². The number of aryl methyl sites for hydroxylation is 1. The second kappa shape index (κ2) is 10.2. The third-order valence-electron chi connectivity index (χ3n) is 6.07. The molecular formula is C29H21ClN6OS. The van der Waals surface area contributed by atoms with Gasteiger partial charge in [0.2, 0.25) is 0 Å². The molecule has 0 aliphatic carbocycles. The van der Waals surface area contributed by atoms with Crippen molar-refractivity contribution in [3.05, 3.63) is 112 Å². The largest absolute Gasteiger partial charge is 0.328 e. The quantitative estimate of drug-likeness (QED) is 0.225. The van der Waals surface area contributed by atoms with E-state index in [1.54, 1.807) is 18.5 Å². The summed E-state index contributed by atoms with van der Waals surface area (Å²) < 4.78 is 3.23. The predicted octanol–water partition coefficient (Wildman–Crippen LogP) is 6.82. The summed E-state index contributed by atoms with van der Waals surface area (Å²) in [6, 6.07) is 23.2. The van der Waals surface area contributed by atoms with Crippen molar-refractivity contribution < 1.29 is 0 Å². The van der Waals surface area contributed by atoms with Gasteiger partial charge in [0, 0.05) is 39.7 Å². The predicted molar refractivity (Wildman–Crippen MR) is 155 cm³/mol. The highest BCUT2D eigenvalue weighted by Gasteiger charge is 2.17. The molecule has 2 N–H and O–H groups in total. The molecule has 4 heterocycles. The molecule has 6 aromatic rings. The average Bonchev–Trinajstić information content (AvgIpc) is 2.94. The van der Waals surface area contributed by atoms with Gasteiger partial charge in [0.05, 0.1) is 33.8 Å². The number of hydrogen-bond acceptors (Lipinski definition) is 7. The number of rotatable bonds is 6. The van der Waals surface area contributed by atoms with Crippen LogP contribution in [0.4, 0.5) is 5.69 Å². The summed E-state index contributed by atoms with van der Waals surface area (Å²) in [5.41, 5.74) is 6.98. The van der Waals surface area contributed by atoms with Gasteiger partial charge in [-0.1, -0.05) is 48.0 Å². The van der Waals surface area contributed by atoms with E-state index in [-0.39, 0.29) is 5.56 Å². The number of aromatic amines is 1. The van der Waals surface area contributed by atoms with Crippen molar-refractivity contribution in [1.29, 1.82) is 0 Å². The Morgan fingerprint density at radius 3 is 2.58 bits per heavy atom. The van der Waals surface area contributed by atoms with Gasteiger partial charge in [-0.3, -0.25) is 14.8 Å². The first-order valence-corrected chi connectivity index (χ1v) is 13.3. The second-order valence-corrected chi connectivity index (χ2v) is 9.95. The van der Waals surface area contributed by atoms with Crippen LogP contribution in [0.3, 0.4) is 0 Å². The zero-order valence-corrected chi connectivity index (χ0v) is 21.8. The molecule has 0 spiro atoms. The summed E-state index contributed by atoms with van der Waals surface area (Å²) in [5.74, 6) is 0.435. The molecule has 0 aliphatic rings. The van der Waals surface area contributed by atoms with Crippen molar-refractivity contribution in [2.24, 2.45) is 0 Å². The number of fused-ring (bicyclic) bond motifs is 2. The lowest BCUT2D eigenvalue weighted by Crippen LogP contribution is -2.13. The van der Waals surface area contributed by atoms with Crippen LogP contribution in [0.25, 0.3) is 44.6 Å². The maximum atomic E-state index is 12.9. The fourth-order valence-electron chi connectivity index (χ4n) is 4.18. The maximum Gasteiger partial charge on any atom is 0.253 e. The first-order chi connectivity index (χ1) is 18.5. The SMILES string of the molecule is Cc1ccc(NSCc2cc3nc(-c4cc(Cl)c5ncccc5c4)c(-c4ccccc4)nc3[nH]c2=O)cn1. The Labute approximate surface area is 227 Å². The van der Waals surface area contributed by atoms with E-state index in [1.807, 2.05) is 73.7 Å². The first-order valence-electron chi connectivity index (χ1n) is 11.9. The van der Waals surface area contributed by atoms with E-state index < -0.39 is 0 Å². The molecular weight excluding hydrogens is 516 g/mol. The smallest absolute Gasteiger partial charge is 0.253 e. The molecule has 6 rings (SSSR count). The van der Waals surface area contributed by atoms with Crippen LogP contribution in [-0.2, 0) is 5.75 Å². The topological polar surface area (TPSA) is 96.5 Å². The molecule has 0 radical (unpaired) electrons. The summed E-state index contributed by atoms with van der Waals surface area (Å²) in [4.78, 5) is 34.4. The number of benzene rings is 2. The number of anilines is 1. The molecule has 0 saturated heterocycles.